The fraction of sp³-hybridized carbons (Fsp3) is 0.0870. The van der Waals surface area contributed by atoms with Crippen LogP contribution in [0.5, 0.6) is 0 Å². The minimum absolute atomic E-state index is 0.102. The molecule has 154 valence electrons. The van der Waals surface area contributed by atoms with Crippen LogP contribution in [0.25, 0.3) is 11.6 Å². The Balaban J connectivity index is 2.25. The number of carbonyl (C=O) groups excluding carboxylic acids is 1. The lowest BCUT2D eigenvalue weighted by molar-refractivity contribution is -0.143. The first-order valence-corrected chi connectivity index (χ1v) is 8.70. The number of hydrogen-bond acceptors (Lipinski definition) is 1. The fourth-order valence-electron chi connectivity index (χ4n) is 2.90. The molecule has 0 amide bonds. The smallest absolute Gasteiger partial charge is 0.298 e. The zero-order chi connectivity index (χ0) is 21.9. The summed E-state index contributed by atoms with van der Waals surface area (Å²) < 4.78 is 79.8. The van der Waals surface area contributed by atoms with Crippen LogP contribution in [-0.4, -0.2) is 6.29 Å². The third-order valence-corrected chi connectivity index (χ3v) is 4.37. The maximum absolute atomic E-state index is 13.3. The van der Waals surface area contributed by atoms with Gasteiger partial charge in [0.2, 0.25) is 0 Å². The summed E-state index contributed by atoms with van der Waals surface area (Å²) in [4.78, 5) is 10.8. The summed E-state index contributed by atoms with van der Waals surface area (Å²) in [7, 11) is 0. The highest BCUT2D eigenvalue weighted by Crippen LogP contribution is 2.39. The second-order valence-corrected chi connectivity index (χ2v) is 6.50. The fourth-order valence-corrected chi connectivity index (χ4v) is 2.90. The lowest BCUT2D eigenvalue weighted by Crippen LogP contribution is -2.11. The van der Waals surface area contributed by atoms with Crippen molar-refractivity contribution >= 4 is 17.9 Å². The standard InChI is InChI=1S/C23H14F6O/c24-22(25,26)19-11-18(12-20(13-19)23(27,28)29)21(17-4-2-1-3-5-17)10-15-6-8-16(14-30)9-7-15/h1-14H. The molecule has 3 aromatic rings. The molecule has 0 fully saturated rings. The molecule has 0 heterocycles. The number of benzene rings is 3. The quantitative estimate of drug-likeness (QED) is 0.249. The van der Waals surface area contributed by atoms with E-state index in [1.807, 2.05) is 0 Å². The highest BCUT2D eigenvalue weighted by atomic mass is 19.4. The number of alkyl halides is 6. The topological polar surface area (TPSA) is 17.1 Å². The molecule has 0 spiro atoms. The molecule has 0 aliphatic carbocycles. The Bertz CT molecular complexity index is 1030. The van der Waals surface area contributed by atoms with Gasteiger partial charge in [0.25, 0.3) is 0 Å². The first-order chi connectivity index (χ1) is 14.1. The van der Waals surface area contributed by atoms with Gasteiger partial charge in [0.05, 0.1) is 11.1 Å². The van der Waals surface area contributed by atoms with Crippen molar-refractivity contribution in [1.82, 2.24) is 0 Å². The summed E-state index contributed by atoms with van der Waals surface area (Å²) >= 11 is 0. The van der Waals surface area contributed by atoms with Crippen LogP contribution >= 0.6 is 0 Å². The summed E-state index contributed by atoms with van der Waals surface area (Å²) in [5.41, 5.74) is -1.44. The van der Waals surface area contributed by atoms with E-state index in [4.69, 9.17) is 0 Å². The van der Waals surface area contributed by atoms with Gasteiger partial charge in [-0.1, -0.05) is 54.6 Å². The maximum Gasteiger partial charge on any atom is 0.416 e. The Morgan fingerprint density at radius 1 is 0.633 bits per heavy atom. The molecule has 1 nitrogen and oxygen atoms in total. The minimum Gasteiger partial charge on any atom is -0.298 e. The van der Waals surface area contributed by atoms with Gasteiger partial charge in [0.1, 0.15) is 6.29 Å². The molecule has 7 heteroatoms. The van der Waals surface area contributed by atoms with Crippen LogP contribution in [0.4, 0.5) is 26.3 Å². The van der Waals surface area contributed by atoms with Gasteiger partial charge in [-0.2, -0.15) is 26.3 Å². The van der Waals surface area contributed by atoms with Gasteiger partial charge in [-0.05, 0) is 46.5 Å². The van der Waals surface area contributed by atoms with Crippen LogP contribution in [0.2, 0.25) is 0 Å². The van der Waals surface area contributed by atoms with E-state index in [1.54, 1.807) is 42.5 Å². The predicted molar refractivity (Wildman–Crippen MR) is 102 cm³/mol. The van der Waals surface area contributed by atoms with E-state index in [-0.39, 0.29) is 17.2 Å². The largest absolute Gasteiger partial charge is 0.416 e. The van der Waals surface area contributed by atoms with Crippen LogP contribution in [-0.2, 0) is 12.4 Å². The maximum atomic E-state index is 13.3. The molecule has 3 rings (SSSR count). The highest BCUT2D eigenvalue weighted by molar-refractivity contribution is 5.92. The molecular formula is C23H14F6O. The number of carbonyl (C=O) groups is 1. The van der Waals surface area contributed by atoms with Crippen molar-refractivity contribution in [2.75, 3.05) is 0 Å². The number of rotatable bonds is 4. The third-order valence-electron chi connectivity index (χ3n) is 4.37. The van der Waals surface area contributed by atoms with Gasteiger partial charge in [-0.3, -0.25) is 4.79 Å². The number of halogens is 6. The molecule has 0 radical (unpaired) electrons. The van der Waals surface area contributed by atoms with E-state index < -0.39 is 23.5 Å². The van der Waals surface area contributed by atoms with Crippen molar-refractivity contribution < 1.29 is 31.1 Å². The van der Waals surface area contributed by atoms with Crippen molar-refractivity contribution in [3.63, 3.8) is 0 Å². The minimum atomic E-state index is -4.94. The Kier molecular flexibility index (Phi) is 5.82. The molecule has 0 aliphatic heterocycles. The van der Waals surface area contributed by atoms with Gasteiger partial charge in [0, 0.05) is 5.56 Å². The normalized spacial score (nSPS) is 12.7. The first-order valence-electron chi connectivity index (χ1n) is 8.70. The predicted octanol–water partition coefficient (Wildman–Crippen LogP) is 7.13. The summed E-state index contributed by atoms with van der Waals surface area (Å²) in [6, 6.07) is 15.8. The van der Waals surface area contributed by atoms with Gasteiger partial charge in [-0.15, -0.1) is 0 Å². The van der Waals surface area contributed by atoms with E-state index in [0.717, 1.165) is 0 Å². The van der Waals surface area contributed by atoms with Crippen molar-refractivity contribution in [2.45, 2.75) is 12.4 Å². The van der Waals surface area contributed by atoms with Gasteiger partial charge in [-0.25, -0.2) is 0 Å². The molecule has 0 aromatic heterocycles. The Morgan fingerprint density at radius 3 is 1.60 bits per heavy atom. The van der Waals surface area contributed by atoms with Crippen LogP contribution in [0.1, 0.15) is 38.2 Å². The van der Waals surface area contributed by atoms with E-state index in [0.29, 0.717) is 35.1 Å². The van der Waals surface area contributed by atoms with E-state index >= 15 is 0 Å². The third kappa shape index (κ3) is 4.97. The lowest BCUT2D eigenvalue weighted by Gasteiger charge is -2.16. The SMILES string of the molecule is O=Cc1ccc(C=C(c2ccccc2)c2cc(C(F)(F)F)cc(C(F)(F)F)c2)cc1. The average molecular weight is 420 g/mol. The number of hydrogen-bond donors (Lipinski definition) is 0. The molecule has 0 aliphatic rings. The van der Waals surface area contributed by atoms with Crippen molar-refractivity contribution in [2.24, 2.45) is 0 Å². The molecule has 0 N–H and O–H groups in total. The summed E-state index contributed by atoms with van der Waals surface area (Å²) in [5.74, 6) is 0. The lowest BCUT2D eigenvalue weighted by atomic mass is 9.92. The highest BCUT2D eigenvalue weighted by Gasteiger charge is 2.37. The zero-order valence-electron chi connectivity index (χ0n) is 15.3. The summed E-state index contributed by atoms with van der Waals surface area (Å²) in [5, 5.41) is 0. The molecule has 0 bridgehead atoms. The molecule has 0 atom stereocenters. The van der Waals surface area contributed by atoms with E-state index in [9.17, 15) is 31.1 Å². The van der Waals surface area contributed by atoms with Gasteiger partial charge >= 0.3 is 12.4 Å². The molecule has 0 saturated heterocycles. The number of aldehydes is 1. The summed E-state index contributed by atoms with van der Waals surface area (Å²) in [6.07, 6.45) is -7.76. The van der Waals surface area contributed by atoms with Gasteiger partial charge in [0.15, 0.2) is 0 Å². The zero-order valence-corrected chi connectivity index (χ0v) is 15.3. The molecule has 0 unspecified atom stereocenters. The average Bonchev–Trinajstić information content (AvgIpc) is 2.71. The second-order valence-electron chi connectivity index (χ2n) is 6.50. The van der Waals surface area contributed by atoms with Crippen molar-refractivity contribution in [3.05, 3.63) is 106 Å². The first kappa shape index (κ1) is 21.4. The van der Waals surface area contributed by atoms with Crippen LogP contribution in [0.3, 0.4) is 0 Å². The van der Waals surface area contributed by atoms with Crippen molar-refractivity contribution in [3.8, 4) is 0 Å². The van der Waals surface area contributed by atoms with Gasteiger partial charge < -0.3 is 0 Å². The van der Waals surface area contributed by atoms with Crippen LogP contribution in [0, 0.1) is 0 Å². The summed E-state index contributed by atoms with van der Waals surface area (Å²) in [6.45, 7) is 0. The molecule has 3 aromatic carbocycles. The van der Waals surface area contributed by atoms with E-state index in [1.165, 1.54) is 18.2 Å². The Hall–Kier alpha value is -3.35. The Morgan fingerprint density at radius 2 is 1.13 bits per heavy atom. The van der Waals surface area contributed by atoms with E-state index in [2.05, 4.69) is 0 Å². The van der Waals surface area contributed by atoms with Crippen LogP contribution in [0.15, 0.2) is 72.8 Å². The second kappa shape index (κ2) is 8.18. The molecular weight excluding hydrogens is 406 g/mol. The van der Waals surface area contributed by atoms with Crippen molar-refractivity contribution in [1.29, 1.82) is 0 Å². The molecule has 0 saturated carbocycles. The molecule has 30 heavy (non-hydrogen) atoms. The Labute approximate surface area is 168 Å². The van der Waals surface area contributed by atoms with Crippen LogP contribution < -0.4 is 0 Å². The monoisotopic (exact) mass is 420 g/mol.